The van der Waals surface area contributed by atoms with E-state index in [4.69, 9.17) is 21.1 Å². The van der Waals surface area contributed by atoms with Gasteiger partial charge in [0.25, 0.3) is 0 Å². The highest BCUT2D eigenvalue weighted by molar-refractivity contribution is 5.91. The van der Waals surface area contributed by atoms with Crippen LogP contribution >= 0.6 is 0 Å². The fourth-order valence-corrected chi connectivity index (χ4v) is 1.32. The van der Waals surface area contributed by atoms with E-state index in [-0.39, 0.29) is 5.92 Å². The molecular formula is C11H21N3O6. The normalized spacial score (nSPS) is 15.3. The average Bonchev–Trinajstić information content (AvgIpc) is 2.39. The van der Waals surface area contributed by atoms with Gasteiger partial charge in [0.05, 0.1) is 13.2 Å². The molecule has 0 aromatic rings. The highest BCUT2D eigenvalue weighted by Gasteiger charge is 2.28. The van der Waals surface area contributed by atoms with Crippen LogP contribution in [0.15, 0.2) is 0 Å². The molecule has 0 aromatic heterocycles. The van der Waals surface area contributed by atoms with E-state index in [0.717, 1.165) is 0 Å². The molecular weight excluding hydrogens is 270 g/mol. The molecule has 116 valence electrons. The molecule has 0 saturated heterocycles. The third-order valence-corrected chi connectivity index (χ3v) is 2.58. The maximum Gasteiger partial charge on any atom is 0.326 e. The fourth-order valence-electron chi connectivity index (χ4n) is 1.32. The molecule has 9 nitrogen and oxygen atoms in total. The number of hydrogen-bond donors (Lipinski definition) is 6. The summed E-state index contributed by atoms with van der Waals surface area (Å²) in [7, 11) is 0. The standard InChI is InChI=1S/C11H21N3O6/c1-5(2)8(11(19)20)14-10(18)7(4-16)13-9(17)6(12)3-15/h5-8,15-16H,3-4,12H2,1-2H3,(H,13,17)(H,14,18)(H,19,20). The SMILES string of the molecule is CC(C)C(NC(=O)C(CO)NC(=O)C(N)CO)C(=O)O. The third kappa shape index (κ3) is 5.51. The van der Waals surface area contributed by atoms with Crippen molar-refractivity contribution in [1.82, 2.24) is 10.6 Å². The Hall–Kier alpha value is -1.71. The van der Waals surface area contributed by atoms with E-state index >= 15 is 0 Å². The Bertz CT molecular complexity index is 360. The molecule has 0 heterocycles. The Morgan fingerprint density at radius 3 is 1.95 bits per heavy atom. The first-order chi connectivity index (χ1) is 9.24. The molecule has 0 aliphatic carbocycles. The number of aliphatic carboxylic acids is 1. The number of aliphatic hydroxyl groups is 2. The summed E-state index contributed by atoms with van der Waals surface area (Å²) < 4.78 is 0. The van der Waals surface area contributed by atoms with Crippen LogP contribution in [0.4, 0.5) is 0 Å². The summed E-state index contributed by atoms with van der Waals surface area (Å²) >= 11 is 0. The monoisotopic (exact) mass is 291 g/mol. The molecule has 7 N–H and O–H groups in total. The number of hydrogen-bond acceptors (Lipinski definition) is 6. The van der Waals surface area contributed by atoms with Gasteiger partial charge >= 0.3 is 5.97 Å². The van der Waals surface area contributed by atoms with E-state index < -0.39 is 49.1 Å². The zero-order valence-electron chi connectivity index (χ0n) is 11.4. The van der Waals surface area contributed by atoms with Gasteiger partial charge in [0, 0.05) is 0 Å². The Kier molecular flexibility index (Phi) is 7.74. The van der Waals surface area contributed by atoms with Gasteiger partial charge in [0.15, 0.2) is 0 Å². The van der Waals surface area contributed by atoms with Crippen LogP contribution in [-0.4, -0.2) is 64.4 Å². The molecule has 3 atom stereocenters. The smallest absolute Gasteiger partial charge is 0.326 e. The van der Waals surface area contributed by atoms with Crippen molar-refractivity contribution in [3.8, 4) is 0 Å². The predicted octanol–water partition coefficient (Wildman–Crippen LogP) is -2.99. The largest absolute Gasteiger partial charge is 0.480 e. The van der Waals surface area contributed by atoms with Gasteiger partial charge in [-0.2, -0.15) is 0 Å². The maximum atomic E-state index is 11.8. The fraction of sp³-hybridized carbons (Fsp3) is 0.727. The Morgan fingerprint density at radius 1 is 1.05 bits per heavy atom. The second-order valence-corrected chi connectivity index (χ2v) is 4.60. The molecule has 0 saturated carbocycles. The van der Waals surface area contributed by atoms with Crippen molar-refractivity contribution in [2.24, 2.45) is 11.7 Å². The van der Waals surface area contributed by atoms with Gasteiger partial charge < -0.3 is 31.7 Å². The number of nitrogens with one attached hydrogen (secondary N) is 2. The highest BCUT2D eigenvalue weighted by atomic mass is 16.4. The van der Waals surface area contributed by atoms with Gasteiger partial charge in [-0.1, -0.05) is 13.8 Å². The van der Waals surface area contributed by atoms with Crippen LogP contribution < -0.4 is 16.4 Å². The minimum absolute atomic E-state index is 0.369. The van der Waals surface area contributed by atoms with Crippen LogP contribution in [0.5, 0.6) is 0 Å². The molecule has 2 amide bonds. The molecule has 9 heteroatoms. The number of nitrogens with two attached hydrogens (primary N) is 1. The van der Waals surface area contributed by atoms with Gasteiger partial charge in [-0.25, -0.2) is 4.79 Å². The number of carbonyl (C=O) groups excluding carboxylic acids is 2. The van der Waals surface area contributed by atoms with Crippen LogP contribution in [-0.2, 0) is 14.4 Å². The minimum atomic E-state index is -1.33. The van der Waals surface area contributed by atoms with Crippen molar-refractivity contribution in [3.63, 3.8) is 0 Å². The summed E-state index contributed by atoms with van der Waals surface area (Å²) in [5.41, 5.74) is 5.25. The second kappa shape index (κ2) is 8.46. The molecule has 0 aromatic carbocycles. The summed E-state index contributed by atoms with van der Waals surface area (Å²) in [5.74, 6) is -3.25. The average molecular weight is 291 g/mol. The predicted molar refractivity (Wildman–Crippen MR) is 68.5 cm³/mol. The van der Waals surface area contributed by atoms with Crippen LogP contribution in [0, 0.1) is 5.92 Å². The van der Waals surface area contributed by atoms with Gasteiger partial charge in [0.1, 0.15) is 18.1 Å². The topological polar surface area (TPSA) is 162 Å². The number of amides is 2. The molecule has 0 aliphatic heterocycles. The van der Waals surface area contributed by atoms with E-state index in [0.29, 0.717) is 0 Å². The summed E-state index contributed by atoms with van der Waals surface area (Å²) in [6.07, 6.45) is 0. The molecule has 0 aliphatic rings. The number of carbonyl (C=O) groups is 3. The molecule has 0 rings (SSSR count). The second-order valence-electron chi connectivity index (χ2n) is 4.60. The molecule has 0 bridgehead atoms. The van der Waals surface area contributed by atoms with Gasteiger partial charge in [-0.3, -0.25) is 9.59 Å². The third-order valence-electron chi connectivity index (χ3n) is 2.58. The minimum Gasteiger partial charge on any atom is -0.480 e. The van der Waals surface area contributed by atoms with Gasteiger partial charge in [-0.05, 0) is 5.92 Å². The zero-order valence-corrected chi connectivity index (χ0v) is 11.4. The number of aliphatic hydroxyl groups excluding tert-OH is 2. The molecule has 0 radical (unpaired) electrons. The molecule has 0 fully saturated rings. The number of rotatable bonds is 8. The van der Waals surface area contributed by atoms with Crippen LogP contribution in [0.25, 0.3) is 0 Å². The van der Waals surface area contributed by atoms with Crippen molar-refractivity contribution in [1.29, 1.82) is 0 Å². The van der Waals surface area contributed by atoms with Gasteiger partial charge in [0.2, 0.25) is 11.8 Å². The highest BCUT2D eigenvalue weighted by Crippen LogP contribution is 2.02. The first-order valence-corrected chi connectivity index (χ1v) is 6.05. The number of carboxylic acid groups (broad SMARTS) is 1. The summed E-state index contributed by atoms with van der Waals surface area (Å²) in [4.78, 5) is 34.1. The van der Waals surface area contributed by atoms with E-state index in [1.165, 1.54) is 0 Å². The van der Waals surface area contributed by atoms with Crippen molar-refractivity contribution in [2.45, 2.75) is 32.0 Å². The van der Waals surface area contributed by atoms with Crippen LogP contribution in [0.1, 0.15) is 13.8 Å². The van der Waals surface area contributed by atoms with E-state index in [2.05, 4.69) is 10.6 Å². The van der Waals surface area contributed by atoms with E-state index in [1.54, 1.807) is 13.8 Å². The van der Waals surface area contributed by atoms with Crippen molar-refractivity contribution >= 4 is 17.8 Å². The van der Waals surface area contributed by atoms with Crippen molar-refractivity contribution in [3.05, 3.63) is 0 Å². The molecule has 0 spiro atoms. The van der Waals surface area contributed by atoms with Crippen LogP contribution in [0.2, 0.25) is 0 Å². The Balaban J connectivity index is 4.70. The Labute approximate surface area is 116 Å². The summed E-state index contributed by atoms with van der Waals surface area (Å²) in [6.45, 7) is 1.87. The van der Waals surface area contributed by atoms with E-state index in [1.807, 2.05) is 0 Å². The molecule has 20 heavy (non-hydrogen) atoms. The number of carboxylic acids is 1. The van der Waals surface area contributed by atoms with Crippen molar-refractivity contribution in [2.75, 3.05) is 13.2 Å². The molecule has 3 unspecified atom stereocenters. The zero-order chi connectivity index (χ0) is 15.9. The first-order valence-electron chi connectivity index (χ1n) is 6.05. The maximum absolute atomic E-state index is 11.8. The lowest BCUT2D eigenvalue weighted by molar-refractivity contribution is -0.143. The Morgan fingerprint density at radius 2 is 1.60 bits per heavy atom. The summed E-state index contributed by atoms with van der Waals surface area (Å²) in [5, 5.41) is 31.0. The van der Waals surface area contributed by atoms with Crippen molar-refractivity contribution < 1.29 is 29.7 Å². The van der Waals surface area contributed by atoms with Gasteiger partial charge in [-0.15, -0.1) is 0 Å². The van der Waals surface area contributed by atoms with E-state index in [9.17, 15) is 14.4 Å². The lowest BCUT2D eigenvalue weighted by Gasteiger charge is -2.22. The lowest BCUT2D eigenvalue weighted by Crippen LogP contribution is -2.57. The van der Waals surface area contributed by atoms with Crippen LogP contribution in [0.3, 0.4) is 0 Å². The summed E-state index contributed by atoms with van der Waals surface area (Å²) in [6, 6.07) is -3.70. The quantitative estimate of drug-likeness (QED) is 0.278. The lowest BCUT2D eigenvalue weighted by atomic mass is 10.0. The first kappa shape index (κ1) is 18.3.